The van der Waals surface area contributed by atoms with E-state index in [0.717, 1.165) is 42.1 Å². The number of aryl methyl sites for hydroxylation is 1. The highest BCUT2D eigenvalue weighted by Crippen LogP contribution is 2.26. The molecule has 1 aliphatic carbocycles. The quantitative estimate of drug-likeness (QED) is 0.583. The van der Waals surface area contributed by atoms with Crippen LogP contribution < -0.4 is 15.5 Å². The lowest BCUT2D eigenvalue weighted by Gasteiger charge is -2.30. The van der Waals surface area contributed by atoms with E-state index in [2.05, 4.69) is 46.7 Å². The molecule has 0 saturated heterocycles. The Hall–Kier alpha value is -2.18. The van der Waals surface area contributed by atoms with E-state index in [1.54, 1.807) is 0 Å². The minimum absolute atomic E-state index is 0. The molecule has 1 aromatic carbocycles. The van der Waals surface area contributed by atoms with Crippen molar-refractivity contribution in [1.82, 2.24) is 15.3 Å². The molecule has 0 atom stereocenters. The fourth-order valence-corrected chi connectivity index (χ4v) is 4.76. The molecule has 2 heterocycles. The Labute approximate surface area is 178 Å². The molecule has 0 unspecified atom stereocenters. The molecular formula is C23H33N5S. The predicted molar refractivity (Wildman–Crippen MR) is 126 cm³/mol. The first-order valence-electron chi connectivity index (χ1n) is 10.1. The monoisotopic (exact) mass is 411 g/mol. The second-order valence-electron chi connectivity index (χ2n) is 7.87. The van der Waals surface area contributed by atoms with E-state index in [-0.39, 0.29) is 7.43 Å². The van der Waals surface area contributed by atoms with Gasteiger partial charge in [0.2, 0.25) is 5.95 Å². The van der Waals surface area contributed by atoms with Gasteiger partial charge in [-0.2, -0.15) is 4.98 Å². The Bertz CT molecular complexity index is 928. The number of benzene rings is 1. The van der Waals surface area contributed by atoms with Crippen LogP contribution in [0.3, 0.4) is 0 Å². The second kappa shape index (κ2) is 9.55. The van der Waals surface area contributed by atoms with E-state index in [0.29, 0.717) is 12.1 Å². The number of nitrogens with zero attached hydrogens (tertiary/aromatic N) is 3. The largest absolute Gasteiger partial charge is 0.362 e. The van der Waals surface area contributed by atoms with Crippen molar-refractivity contribution in [2.45, 2.75) is 58.7 Å². The first-order valence-corrected chi connectivity index (χ1v) is 10.9. The molecule has 2 aromatic heterocycles. The van der Waals surface area contributed by atoms with Gasteiger partial charge in [-0.1, -0.05) is 19.6 Å². The first-order chi connectivity index (χ1) is 13.6. The third-order valence-electron chi connectivity index (χ3n) is 5.43. The van der Waals surface area contributed by atoms with Crippen molar-refractivity contribution in [2.24, 2.45) is 0 Å². The smallest absolute Gasteiger partial charge is 0.225 e. The number of hydrogen-bond donors (Lipinski definition) is 2. The van der Waals surface area contributed by atoms with Crippen LogP contribution in [0.1, 0.15) is 42.9 Å². The summed E-state index contributed by atoms with van der Waals surface area (Å²) in [6.07, 6.45) is 4.68. The van der Waals surface area contributed by atoms with Gasteiger partial charge in [0.05, 0.1) is 5.52 Å². The normalized spacial score (nSPS) is 19.0. The lowest BCUT2D eigenvalue weighted by molar-refractivity contribution is 0.353. The highest BCUT2D eigenvalue weighted by Gasteiger charge is 2.22. The molecule has 1 aliphatic rings. The summed E-state index contributed by atoms with van der Waals surface area (Å²) in [7, 11) is 4.06. The molecule has 0 aliphatic heterocycles. The van der Waals surface area contributed by atoms with Crippen molar-refractivity contribution in [2.75, 3.05) is 24.3 Å². The minimum Gasteiger partial charge on any atom is -0.362 e. The maximum atomic E-state index is 4.78. The summed E-state index contributed by atoms with van der Waals surface area (Å²) in [5.41, 5.74) is 0.991. The number of nitrogens with one attached hydrogen (secondary N) is 2. The molecule has 29 heavy (non-hydrogen) atoms. The molecular weight excluding hydrogens is 378 g/mol. The lowest BCUT2D eigenvalue weighted by atomic mass is 9.91. The number of fused-ring (bicyclic) bond motifs is 1. The van der Waals surface area contributed by atoms with Crippen LogP contribution >= 0.6 is 11.3 Å². The molecule has 0 amide bonds. The van der Waals surface area contributed by atoms with Gasteiger partial charge in [0, 0.05) is 47.9 Å². The summed E-state index contributed by atoms with van der Waals surface area (Å²) < 4.78 is 0. The van der Waals surface area contributed by atoms with Crippen LogP contribution in [0, 0.1) is 6.92 Å². The van der Waals surface area contributed by atoms with Crippen molar-refractivity contribution < 1.29 is 0 Å². The van der Waals surface area contributed by atoms with Crippen LogP contribution in [-0.4, -0.2) is 36.1 Å². The Kier molecular flexibility index (Phi) is 7.09. The molecule has 3 aromatic rings. The fraction of sp³-hybridized carbons (Fsp3) is 0.478. The van der Waals surface area contributed by atoms with Gasteiger partial charge in [-0.15, -0.1) is 11.3 Å². The van der Waals surface area contributed by atoms with Gasteiger partial charge in [-0.05, 0) is 56.9 Å². The van der Waals surface area contributed by atoms with Crippen molar-refractivity contribution in [3.63, 3.8) is 0 Å². The summed E-state index contributed by atoms with van der Waals surface area (Å²) >= 11 is 1.89. The van der Waals surface area contributed by atoms with E-state index in [4.69, 9.17) is 9.97 Å². The molecule has 4 rings (SSSR count). The highest BCUT2D eigenvalue weighted by atomic mass is 32.1. The van der Waals surface area contributed by atoms with Gasteiger partial charge in [0.25, 0.3) is 0 Å². The molecule has 5 nitrogen and oxygen atoms in total. The Morgan fingerprint density at radius 2 is 1.72 bits per heavy atom. The Morgan fingerprint density at radius 3 is 2.41 bits per heavy atom. The van der Waals surface area contributed by atoms with E-state index < -0.39 is 0 Å². The average molecular weight is 412 g/mol. The van der Waals surface area contributed by atoms with Crippen LogP contribution in [0.15, 0.2) is 36.4 Å². The summed E-state index contributed by atoms with van der Waals surface area (Å²) in [4.78, 5) is 14.4. The summed E-state index contributed by atoms with van der Waals surface area (Å²) in [6, 6.07) is 13.7. The van der Waals surface area contributed by atoms with Crippen molar-refractivity contribution >= 4 is 34.0 Å². The molecule has 1 saturated carbocycles. The Morgan fingerprint density at radius 1 is 1.00 bits per heavy atom. The fourth-order valence-electron chi connectivity index (χ4n) is 3.91. The molecule has 0 radical (unpaired) electrons. The van der Waals surface area contributed by atoms with Crippen LogP contribution in [0.4, 0.5) is 11.8 Å². The third kappa shape index (κ3) is 5.25. The first kappa shape index (κ1) is 21.5. The van der Waals surface area contributed by atoms with Gasteiger partial charge in [-0.3, -0.25) is 0 Å². The standard InChI is InChI=1S/C22H29N5S.CH4/c1-15-8-13-18(28-15)14-23-16-9-11-17(12-10-16)24-22-25-20-7-5-4-6-19(20)21(26-22)27(2)3;/h4-8,13,16-17,23H,9-12,14H2,1-3H3,(H,24,25,26);1H4. The molecule has 156 valence electrons. The van der Waals surface area contributed by atoms with Gasteiger partial charge in [0.1, 0.15) is 5.82 Å². The summed E-state index contributed by atoms with van der Waals surface area (Å²) in [5.74, 6) is 1.71. The van der Waals surface area contributed by atoms with Crippen LogP contribution in [-0.2, 0) is 6.54 Å². The maximum absolute atomic E-state index is 4.78. The minimum atomic E-state index is 0. The molecule has 2 N–H and O–H groups in total. The zero-order chi connectivity index (χ0) is 19.5. The average Bonchev–Trinajstić information content (AvgIpc) is 3.12. The number of thiophene rings is 1. The lowest BCUT2D eigenvalue weighted by Crippen LogP contribution is -2.36. The van der Waals surface area contributed by atoms with Crippen LogP contribution in [0.25, 0.3) is 10.9 Å². The molecule has 0 bridgehead atoms. The molecule has 6 heteroatoms. The maximum Gasteiger partial charge on any atom is 0.225 e. The number of aromatic nitrogens is 2. The van der Waals surface area contributed by atoms with E-state index >= 15 is 0 Å². The van der Waals surface area contributed by atoms with Crippen molar-refractivity contribution in [3.8, 4) is 0 Å². The third-order valence-corrected chi connectivity index (χ3v) is 6.43. The van der Waals surface area contributed by atoms with Gasteiger partial charge in [0.15, 0.2) is 0 Å². The number of anilines is 2. The highest BCUT2D eigenvalue weighted by molar-refractivity contribution is 7.11. The predicted octanol–water partition coefficient (Wildman–Crippen LogP) is 5.21. The second-order valence-corrected chi connectivity index (χ2v) is 9.24. The topological polar surface area (TPSA) is 53.1 Å². The van der Waals surface area contributed by atoms with Gasteiger partial charge in [-0.25, -0.2) is 4.98 Å². The number of hydrogen-bond acceptors (Lipinski definition) is 6. The number of rotatable bonds is 6. The van der Waals surface area contributed by atoms with E-state index in [1.807, 2.05) is 37.6 Å². The van der Waals surface area contributed by atoms with E-state index in [9.17, 15) is 0 Å². The zero-order valence-corrected chi connectivity index (χ0v) is 17.7. The Balaban J connectivity index is 0.00000240. The molecule has 0 spiro atoms. The summed E-state index contributed by atoms with van der Waals surface area (Å²) in [5, 5.41) is 8.41. The van der Waals surface area contributed by atoms with E-state index in [1.165, 1.54) is 22.6 Å². The van der Waals surface area contributed by atoms with Crippen molar-refractivity contribution in [1.29, 1.82) is 0 Å². The van der Waals surface area contributed by atoms with Crippen LogP contribution in [0.2, 0.25) is 0 Å². The van der Waals surface area contributed by atoms with Crippen LogP contribution in [0.5, 0.6) is 0 Å². The zero-order valence-electron chi connectivity index (χ0n) is 16.9. The van der Waals surface area contributed by atoms with Gasteiger partial charge >= 0.3 is 0 Å². The SMILES string of the molecule is C.Cc1ccc(CNC2CCC(Nc3nc(N(C)C)c4ccccc4n3)CC2)s1. The molecule has 1 fully saturated rings. The van der Waals surface area contributed by atoms with Gasteiger partial charge < -0.3 is 15.5 Å². The van der Waals surface area contributed by atoms with Crippen molar-refractivity contribution in [3.05, 3.63) is 46.2 Å². The summed E-state index contributed by atoms with van der Waals surface area (Å²) in [6.45, 7) is 3.16. The number of para-hydroxylation sites is 1.